The molecule has 0 amide bonds. The highest BCUT2D eigenvalue weighted by molar-refractivity contribution is 6.45. The highest BCUT2D eigenvalue weighted by Crippen LogP contribution is 2.52. The molecular weight excluding hydrogens is 689 g/mol. The summed E-state index contributed by atoms with van der Waals surface area (Å²) in [5.74, 6) is 0.832. The van der Waals surface area contributed by atoms with Crippen LogP contribution in [0, 0.1) is 12.8 Å². The highest BCUT2D eigenvalue weighted by Gasteiger charge is 2.29. The van der Waals surface area contributed by atoms with Gasteiger partial charge in [-0.3, -0.25) is 0 Å². The third-order valence-corrected chi connectivity index (χ3v) is 14.3. The monoisotopic (exact) mass is 738 g/mol. The molecule has 2 heteroatoms. The van der Waals surface area contributed by atoms with Crippen molar-refractivity contribution in [3.63, 3.8) is 0 Å². The summed E-state index contributed by atoms with van der Waals surface area (Å²) in [7, 11) is 0. The lowest BCUT2D eigenvalue weighted by molar-refractivity contribution is 0.359. The largest absolute Gasteiger partial charge is 0.308 e. The Kier molecular flexibility index (Phi) is 7.63. The maximum absolute atomic E-state index is 2.69. The first-order valence-corrected chi connectivity index (χ1v) is 22.0. The average molecular weight is 739 g/mol. The molecule has 4 aromatic heterocycles. The summed E-state index contributed by atoms with van der Waals surface area (Å²) in [6, 6.07) is 40.2. The first-order chi connectivity index (χ1) is 28.2. The minimum Gasteiger partial charge on any atom is -0.308 e. The minimum absolute atomic E-state index is 0.832. The smallest absolute Gasteiger partial charge is 0.0634 e. The van der Waals surface area contributed by atoms with Gasteiger partial charge in [-0.15, -0.1) is 0 Å². The molecule has 0 aliphatic heterocycles. The number of allylic oxidation sites excluding steroid dienone is 4. The van der Waals surface area contributed by atoms with Gasteiger partial charge in [-0.1, -0.05) is 142 Å². The van der Waals surface area contributed by atoms with Gasteiger partial charge in [0.05, 0.1) is 33.1 Å². The Hall–Kier alpha value is -5.60. The Labute approximate surface area is 334 Å². The Morgan fingerprint density at radius 1 is 0.526 bits per heavy atom. The molecule has 0 unspecified atom stereocenters. The van der Waals surface area contributed by atoms with E-state index in [0.29, 0.717) is 0 Å². The van der Waals surface area contributed by atoms with Crippen molar-refractivity contribution in [1.82, 2.24) is 8.80 Å². The van der Waals surface area contributed by atoms with Crippen LogP contribution < -0.4 is 0 Å². The summed E-state index contributed by atoms with van der Waals surface area (Å²) in [6.45, 7) is 4.55. The SMILES string of the molecule is CCCCCCCCc1ccc2c3c4c5ccc(-c6ccccc6)cc5n5c6cc(C)ccc6c(c6c7ccc(C8=CC=C(C9CCC9)CC8)cc7n(c2c1)c63)c45. The maximum atomic E-state index is 2.69. The van der Waals surface area contributed by atoms with Gasteiger partial charge in [0, 0.05) is 43.1 Å². The Balaban J connectivity index is 1.16. The molecule has 0 N–H and O–H groups in total. The second kappa shape index (κ2) is 13.0. The van der Waals surface area contributed by atoms with Gasteiger partial charge in [0.25, 0.3) is 0 Å². The summed E-state index contributed by atoms with van der Waals surface area (Å²) in [5, 5.41) is 11.1. The summed E-state index contributed by atoms with van der Waals surface area (Å²) in [4.78, 5) is 0. The lowest BCUT2D eigenvalue weighted by Gasteiger charge is -2.30. The van der Waals surface area contributed by atoms with E-state index in [4.69, 9.17) is 0 Å². The topological polar surface area (TPSA) is 8.82 Å². The fraction of sp³-hybridized carbons (Fsp3) is 0.273. The molecule has 4 heterocycles. The van der Waals surface area contributed by atoms with Gasteiger partial charge in [0.2, 0.25) is 0 Å². The third kappa shape index (κ3) is 4.95. The van der Waals surface area contributed by atoms with E-state index in [0.717, 1.165) is 18.8 Å². The number of fused-ring (bicyclic) bond motifs is 14. The maximum Gasteiger partial charge on any atom is 0.0634 e. The molecular formula is C55H50N2. The molecule has 10 aromatic rings. The van der Waals surface area contributed by atoms with Gasteiger partial charge in [-0.25, -0.2) is 0 Å². The van der Waals surface area contributed by atoms with E-state index >= 15 is 0 Å². The molecule has 0 atom stereocenters. The quantitative estimate of drug-likeness (QED) is 0.124. The summed E-state index contributed by atoms with van der Waals surface area (Å²) in [5.41, 5.74) is 17.9. The molecule has 2 nitrogen and oxygen atoms in total. The molecule has 0 saturated heterocycles. The number of nitrogens with zero attached hydrogens (tertiary/aromatic N) is 2. The first kappa shape index (κ1) is 33.5. The molecule has 1 fully saturated rings. The third-order valence-electron chi connectivity index (χ3n) is 14.3. The zero-order valence-electron chi connectivity index (χ0n) is 33.4. The number of hydrogen-bond donors (Lipinski definition) is 0. The predicted octanol–water partition coefficient (Wildman–Crippen LogP) is 15.8. The van der Waals surface area contributed by atoms with Crippen LogP contribution in [0.2, 0.25) is 0 Å². The molecule has 2 aliphatic carbocycles. The van der Waals surface area contributed by atoms with Gasteiger partial charge in [-0.2, -0.15) is 0 Å². The van der Waals surface area contributed by atoms with Crippen molar-refractivity contribution in [2.75, 3.05) is 0 Å². The fourth-order valence-electron chi connectivity index (χ4n) is 11.1. The number of aryl methyl sites for hydroxylation is 2. The second-order valence-electron chi connectivity index (χ2n) is 17.6. The zero-order valence-corrected chi connectivity index (χ0v) is 33.4. The van der Waals surface area contributed by atoms with Crippen LogP contribution in [0.1, 0.15) is 94.2 Å². The van der Waals surface area contributed by atoms with E-state index in [1.54, 1.807) is 5.57 Å². The van der Waals surface area contributed by atoms with Gasteiger partial charge in [-0.05, 0) is 109 Å². The van der Waals surface area contributed by atoms with Crippen molar-refractivity contribution in [3.05, 3.63) is 138 Å². The minimum atomic E-state index is 0.832. The van der Waals surface area contributed by atoms with Crippen molar-refractivity contribution in [2.45, 2.75) is 90.9 Å². The Morgan fingerprint density at radius 2 is 1.12 bits per heavy atom. The number of hydrogen-bond acceptors (Lipinski definition) is 0. The number of aromatic nitrogens is 2. The first-order valence-electron chi connectivity index (χ1n) is 22.0. The predicted molar refractivity (Wildman–Crippen MR) is 246 cm³/mol. The summed E-state index contributed by atoms with van der Waals surface area (Å²) >= 11 is 0. The molecule has 0 radical (unpaired) electrons. The standard InChI is InChI=1S/C55H50N2/c1-3-4-5-6-7-9-13-35-19-27-43-47(31-35)57-49-33-41(39-22-20-38(21-23-39)36-16-12-17-36)25-29-45(49)52-50-42-26-18-34(2)30-46(42)56-48-32-40(37-14-10-8-11-15-37)24-28-44(48)53(54(50)56)51(43)55(52)57/h8,10-11,14-15,18-20,22,24-33,36H,3-7,9,12-13,16-17,21,23H2,1-2H3. The van der Waals surface area contributed by atoms with Gasteiger partial charge in [0.15, 0.2) is 0 Å². The van der Waals surface area contributed by atoms with Crippen molar-refractivity contribution in [1.29, 1.82) is 0 Å². The molecule has 6 aromatic carbocycles. The summed E-state index contributed by atoms with van der Waals surface area (Å²) in [6.07, 6.45) is 20.5. The number of rotatable bonds is 10. The molecule has 12 rings (SSSR count). The van der Waals surface area contributed by atoms with Gasteiger partial charge < -0.3 is 8.80 Å². The number of unbranched alkanes of at least 4 members (excludes halogenated alkanes) is 5. The fourth-order valence-corrected chi connectivity index (χ4v) is 11.1. The normalized spacial score (nSPS) is 15.5. The molecule has 0 spiro atoms. The van der Waals surface area contributed by atoms with Crippen LogP contribution in [-0.4, -0.2) is 8.80 Å². The van der Waals surface area contributed by atoms with Crippen LogP contribution in [0.15, 0.2) is 121 Å². The van der Waals surface area contributed by atoms with Crippen LogP contribution in [0.3, 0.4) is 0 Å². The Bertz CT molecular complexity index is 3250. The lowest BCUT2D eigenvalue weighted by atomic mass is 9.76. The summed E-state index contributed by atoms with van der Waals surface area (Å²) < 4.78 is 5.30. The molecule has 0 bridgehead atoms. The van der Waals surface area contributed by atoms with E-state index < -0.39 is 0 Å². The van der Waals surface area contributed by atoms with Crippen LogP contribution in [0.4, 0.5) is 0 Å². The molecule has 280 valence electrons. The lowest BCUT2D eigenvalue weighted by Crippen LogP contribution is -2.14. The van der Waals surface area contributed by atoms with Crippen LogP contribution in [0.5, 0.6) is 0 Å². The molecule has 2 aliphatic rings. The Morgan fingerprint density at radius 3 is 1.77 bits per heavy atom. The molecule has 57 heavy (non-hydrogen) atoms. The highest BCUT2D eigenvalue weighted by atomic mass is 14.9. The zero-order chi connectivity index (χ0) is 37.8. The van der Waals surface area contributed by atoms with Gasteiger partial charge in [0.1, 0.15) is 0 Å². The van der Waals surface area contributed by atoms with E-state index in [-0.39, 0.29) is 0 Å². The van der Waals surface area contributed by atoms with E-state index in [2.05, 4.69) is 138 Å². The van der Waals surface area contributed by atoms with Crippen molar-refractivity contribution in [3.8, 4) is 11.1 Å². The van der Waals surface area contributed by atoms with Crippen LogP contribution in [-0.2, 0) is 6.42 Å². The van der Waals surface area contributed by atoms with E-state index in [1.165, 1.54) is 174 Å². The van der Waals surface area contributed by atoms with Crippen molar-refractivity contribution < 1.29 is 0 Å². The average Bonchev–Trinajstić information content (AvgIpc) is 3.94. The van der Waals surface area contributed by atoms with Gasteiger partial charge >= 0.3 is 0 Å². The van der Waals surface area contributed by atoms with E-state index in [9.17, 15) is 0 Å². The number of benzene rings is 6. The van der Waals surface area contributed by atoms with Crippen molar-refractivity contribution in [2.24, 2.45) is 5.92 Å². The van der Waals surface area contributed by atoms with Crippen LogP contribution in [0.25, 0.3) is 92.9 Å². The van der Waals surface area contributed by atoms with E-state index in [1.807, 2.05) is 0 Å². The molecule has 1 saturated carbocycles. The van der Waals surface area contributed by atoms with Crippen molar-refractivity contribution >= 4 is 81.8 Å². The van der Waals surface area contributed by atoms with Crippen LogP contribution >= 0.6 is 0 Å². The second-order valence-corrected chi connectivity index (χ2v) is 17.6.